The molecule has 0 radical (unpaired) electrons. The number of hydrogen-bond acceptors (Lipinski definition) is 7. The molecule has 7 nitrogen and oxygen atoms in total. The lowest BCUT2D eigenvalue weighted by Gasteiger charge is -2.34. The highest BCUT2D eigenvalue weighted by Crippen LogP contribution is 2.57. The minimum atomic E-state index is -0.965. The third-order valence-electron chi connectivity index (χ3n) is 3.99. The molecule has 2 aliphatic rings. The Labute approximate surface area is 121 Å². The molecule has 2 aliphatic heterocycles. The summed E-state index contributed by atoms with van der Waals surface area (Å²) in [6, 6.07) is 0. The number of fused-ring (bicyclic) bond motifs is 3. The van der Waals surface area contributed by atoms with E-state index in [9.17, 15) is 15.3 Å². The number of aliphatic hydroxyl groups is 1. The molecule has 0 aromatic heterocycles. The van der Waals surface area contributed by atoms with Crippen molar-refractivity contribution in [3.8, 4) is 23.0 Å². The number of hydrogen-bond donors (Lipinski definition) is 3. The first-order valence-electron chi connectivity index (χ1n) is 6.68. The molecule has 7 heteroatoms. The van der Waals surface area contributed by atoms with E-state index >= 15 is 0 Å². The van der Waals surface area contributed by atoms with Gasteiger partial charge in [0.05, 0.1) is 26.4 Å². The molecule has 2 heterocycles. The fourth-order valence-electron chi connectivity index (χ4n) is 3.14. The summed E-state index contributed by atoms with van der Waals surface area (Å²) in [6.07, 6.45) is -2.17. The molecule has 21 heavy (non-hydrogen) atoms. The third-order valence-corrected chi connectivity index (χ3v) is 3.99. The summed E-state index contributed by atoms with van der Waals surface area (Å²) in [5.74, 6) is -0.243. The molecule has 1 aromatic carbocycles. The van der Waals surface area contributed by atoms with Crippen molar-refractivity contribution in [3.63, 3.8) is 0 Å². The summed E-state index contributed by atoms with van der Waals surface area (Å²) < 4.78 is 21.4. The molecule has 4 atom stereocenters. The van der Waals surface area contributed by atoms with Crippen molar-refractivity contribution in [3.05, 3.63) is 11.1 Å². The van der Waals surface area contributed by atoms with Crippen LogP contribution in [-0.2, 0) is 9.47 Å². The van der Waals surface area contributed by atoms with Crippen LogP contribution in [0.1, 0.15) is 36.7 Å². The van der Waals surface area contributed by atoms with Gasteiger partial charge in [-0.2, -0.15) is 0 Å². The van der Waals surface area contributed by atoms with E-state index in [-0.39, 0.29) is 29.1 Å². The molecule has 0 spiro atoms. The summed E-state index contributed by atoms with van der Waals surface area (Å²) in [5.41, 5.74) is 0.769. The van der Waals surface area contributed by atoms with E-state index in [4.69, 9.17) is 18.9 Å². The fourth-order valence-corrected chi connectivity index (χ4v) is 3.14. The van der Waals surface area contributed by atoms with E-state index in [1.807, 2.05) is 0 Å². The quantitative estimate of drug-likeness (QED) is 0.709. The van der Waals surface area contributed by atoms with Crippen molar-refractivity contribution >= 4 is 0 Å². The van der Waals surface area contributed by atoms with E-state index in [0.717, 1.165) is 0 Å². The normalized spacial score (nSPS) is 30.7. The van der Waals surface area contributed by atoms with Gasteiger partial charge in [-0.1, -0.05) is 0 Å². The van der Waals surface area contributed by atoms with Crippen LogP contribution in [0.5, 0.6) is 23.0 Å². The van der Waals surface area contributed by atoms with E-state index in [1.54, 1.807) is 6.92 Å². The predicted molar refractivity (Wildman–Crippen MR) is 70.6 cm³/mol. The molecule has 3 rings (SSSR count). The van der Waals surface area contributed by atoms with E-state index in [0.29, 0.717) is 17.5 Å². The van der Waals surface area contributed by atoms with Crippen LogP contribution in [0.15, 0.2) is 0 Å². The highest BCUT2D eigenvalue weighted by molar-refractivity contribution is 5.67. The molecule has 0 saturated carbocycles. The first-order chi connectivity index (χ1) is 9.99. The van der Waals surface area contributed by atoms with Gasteiger partial charge >= 0.3 is 0 Å². The van der Waals surface area contributed by atoms with Crippen LogP contribution in [-0.4, -0.2) is 41.9 Å². The standard InChI is InChI=1S/C14H18O7/c1-5-8-9(12-6(20-5)4-7(15)21-12)11(17)14(19-3)13(18-2)10(8)16/h5-7,12,15-17H,4H2,1-3H3/t5-,6-,7?,12+/m0/s1. The predicted octanol–water partition coefficient (Wildman–Crippen LogP) is 1.35. The van der Waals surface area contributed by atoms with Gasteiger partial charge in [0, 0.05) is 17.5 Å². The average molecular weight is 298 g/mol. The average Bonchev–Trinajstić information content (AvgIpc) is 2.80. The maximum Gasteiger partial charge on any atom is 0.207 e. The molecular formula is C14H18O7. The van der Waals surface area contributed by atoms with Gasteiger partial charge in [-0.05, 0) is 6.92 Å². The maximum absolute atomic E-state index is 10.5. The van der Waals surface area contributed by atoms with Gasteiger partial charge in [-0.15, -0.1) is 0 Å². The van der Waals surface area contributed by atoms with Crippen LogP contribution in [0.4, 0.5) is 0 Å². The molecule has 1 unspecified atom stereocenters. The monoisotopic (exact) mass is 298 g/mol. The minimum absolute atomic E-state index is 0.0339. The Morgan fingerprint density at radius 3 is 2.14 bits per heavy atom. The van der Waals surface area contributed by atoms with E-state index in [1.165, 1.54) is 14.2 Å². The molecule has 1 aromatic rings. The zero-order valence-electron chi connectivity index (χ0n) is 12.0. The fraction of sp³-hybridized carbons (Fsp3) is 0.571. The molecule has 1 saturated heterocycles. The van der Waals surface area contributed by atoms with Gasteiger partial charge in [0.15, 0.2) is 17.8 Å². The van der Waals surface area contributed by atoms with Crippen LogP contribution in [0.2, 0.25) is 0 Å². The summed E-state index contributed by atoms with van der Waals surface area (Å²) in [6.45, 7) is 1.75. The molecule has 0 amide bonds. The van der Waals surface area contributed by atoms with Crippen LogP contribution < -0.4 is 9.47 Å². The SMILES string of the molecule is COc1c(O)c2c(c(O)c1OC)[C@@H]1OC(O)C[C@@H]1O[C@H]2C. The second-order valence-electron chi connectivity index (χ2n) is 5.15. The van der Waals surface area contributed by atoms with Crippen molar-refractivity contribution < 1.29 is 34.3 Å². The Morgan fingerprint density at radius 2 is 1.57 bits per heavy atom. The molecule has 116 valence electrons. The second-order valence-corrected chi connectivity index (χ2v) is 5.15. The zero-order valence-corrected chi connectivity index (χ0v) is 12.0. The van der Waals surface area contributed by atoms with Gasteiger partial charge in [0.2, 0.25) is 11.5 Å². The van der Waals surface area contributed by atoms with Crippen LogP contribution in [0, 0.1) is 0 Å². The molecule has 3 N–H and O–H groups in total. The Morgan fingerprint density at radius 1 is 1.00 bits per heavy atom. The molecule has 0 bridgehead atoms. The Kier molecular flexibility index (Phi) is 3.35. The largest absolute Gasteiger partial charge is 0.504 e. The van der Waals surface area contributed by atoms with Gasteiger partial charge in [0.25, 0.3) is 0 Å². The number of aliphatic hydroxyl groups excluding tert-OH is 1. The van der Waals surface area contributed by atoms with Crippen LogP contribution in [0.3, 0.4) is 0 Å². The Balaban J connectivity index is 2.25. The molecular weight excluding hydrogens is 280 g/mol. The molecule has 1 fully saturated rings. The smallest absolute Gasteiger partial charge is 0.207 e. The van der Waals surface area contributed by atoms with Crippen LogP contribution in [0.25, 0.3) is 0 Å². The van der Waals surface area contributed by atoms with Crippen molar-refractivity contribution in [1.29, 1.82) is 0 Å². The first kappa shape index (κ1) is 14.2. The Hall–Kier alpha value is -1.70. The third kappa shape index (κ3) is 1.92. The van der Waals surface area contributed by atoms with Gasteiger partial charge in [-0.25, -0.2) is 0 Å². The number of rotatable bonds is 2. The first-order valence-corrected chi connectivity index (χ1v) is 6.68. The van der Waals surface area contributed by atoms with Gasteiger partial charge in [-0.3, -0.25) is 0 Å². The number of ether oxygens (including phenoxy) is 4. The number of methoxy groups -OCH3 is 2. The topological polar surface area (TPSA) is 97.6 Å². The summed E-state index contributed by atoms with van der Waals surface area (Å²) in [5, 5.41) is 30.6. The number of aromatic hydroxyl groups is 2. The van der Waals surface area contributed by atoms with Gasteiger partial charge in [0.1, 0.15) is 6.10 Å². The highest BCUT2D eigenvalue weighted by Gasteiger charge is 2.46. The van der Waals surface area contributed by atoms with Crippen molar-refractivity contribution in [2.75, 3.05) is 14.2 Å². The summed E-state index contributed by atoms with van der Waals surface area (Å²) >= 11 is 0. The Bertz CT molecular complexity index is 571. The van der Waals surface area contributed by atoms with Crippen LogP contribution >= 0.6 is 0 Å². The maximum atomic E-state index is 10.5. The number of benzene rings is 1. The van der Waals surface area contributed by atoms with E-state index in [2.05, 4.69) is 0 Å². The second kappa shape index (κ2) is 4.94. The lowest BCUT2D eigenvalue weighted by atomic mass is 9.89. The summed E-state index contributed by atoms with van der Waals surface area (Å²) in [4.78, 5) is 0. The number of phenols is 2. The van der Waals surface area contributed by atoms with Crippen molar-refractivity contribution in [2.45, 2.75) is 37.9 Å². The lowest BCUT2D eigenvalue weighted by Crippen LogP contribution is -2.27. The minimum Gasteiger partial charge on any atom is -0.504 e. The number of phenolic OH excluding ortho intramolecular Hbond substituents is 2. The van der Waals surface area contributed by atoms with Crippen molar-refractivity contribution in [2.24, 2.45) is 0 Å². The molecule has 0 aliphatic carbocycles. The zero-order chi connectivity index (χ0) is 15.3. The lowest BCUT2D eigenvalue weighted by molar-refractivity contribution is -0.114. The highest BCUT2D eigenvalue weighted by atomic mass is 16.6. The van der Waals surface area contributed by atoms with Gasteiger partial charge < -0.3 is 34.3 Å². The summed E-state index contributed by atoms with van der Waals surface area (Å²) in [7, 11) is 2.74. The van der Waals surface area contributed by atoms with E-state index < -0.39 is 18.5 Å². The van der Waals surface area contributed by atoms with Crippen molar-refractivity contribution in [1.82, 2.24) is 0 Å².